The van der Waals surface area contributed by atoms with Crippen LogP contribution >= 0.6 is 11.3 Å². The molecule has 0 aliphatic heterocycles. The van der Waals surface area contributed by atoms with Gasteiger partial charge in [0.1, 0.15) is 5.82 Å². The highest BCUT2D eigenvalue weighted by Gasteiger charge is 2.19. The average Bonchev–Trinajstić information content (AvgIpc) is 2.87. The van der Waals surface area contributed by atoms with Gasteiger partial charge in [0.15, 0.2) is 0 Å². The molecule has 0 saturated carbocycles. The molecular weight excluding hydrogens is 289 g/mol. The molecule has 2 N–H and O–H groups in total. The number of sulfonamides is 1. The van der Waals surface area contributed by atoms with Crippen molar-refractivity contribution in [2.75, 3.05) is 0 Å². The van der Waals surface area contributed by atoms with Crippen molar-refractivity contribution < 1.29 is 17.9 Å². The summed E-state index contributed by atoms with van der Waals surface area (Å²) in [6.07, 6.45) is 0. The molecule has 0 aliphatic rings. The van der Waals surface area contributed by atoms with Crippen LogP contribution in [0.4, 0.5) is 4.39 Å². The average molecular weight is 301 g/mol. The predicted octanol–water partition coefficient (Wildman–Crippen LogP) is 1.86. The Morgan fingerprint density at radius 1 is 1.26 bits per heavy atom. The van der Waals surface area contributed by atoms with Crippen molar-refractivity contribution in [1.82, 2.24) is 4.72 Å². The Bertz CT molecular complexity index is 667. The van der Waals surface area contributed by atoms with Gasteiger partial charge in [-0.2, -0.15) is 0 Å². The smallest absolute Gasteiger partial charge is 0.242 e. The summed E-state index contributed by atoms with van der Waals surface area (Å²) in [5, 5.41) is 10.6. The van der Waals surface area contributed by atoms with E-state index in [1.54, 1.807) is 11.4 Å². The fourth-order valence-corrected chi connectivity index (χ4v) is 3.88. The van der Waals surface area contributed by atoms with Crippen molar-refractivity contribution in [3.8, 4) is 0 Å². The first-order valence-corrected chi connectivity index (χ1v) is 7.81. The Kier molecular flexibility index (Phi) is 4.31. The molecule has 1 aromatic heterocycles. The van der Waals surface area contributed by atoms with Crippen molar-refractivity contribution in [1.29, 1.82) is 0 Å². The summed E-state index contributed by atoms with van der Waals surface area (Å²) in [5.74, 6) is -0.460. The number of hydrogen-bond acceptors (Lipinski definition) is 4. The summed E-state index contributed by atoms with van der Waals surface area (Å²) in [4.78, 5) is 0.400. The number of thiophene rings is 1. The van der Waals surface area contributed by atoms with Crippen molar-refractivity contribution in [2.24, 2.45) is 0 Å². The van der Waals surface area contributed by atoms with Crippen LogP contribution in [0.2, 0.25) is 0 Å². The second-order valence-electron chi connectivity index (χ2n) is 3.78. The van der Waals surface area contributed by atoms with E-state index in [2.05, 4.69) is 4.72 Å². The van der Waals surface area contributed by atoms with E-state index in [0.29, 0.717) is 4.88 Å². The van der Waals surface area contributed by atoms with Crippen LogP contribution in [-0.2, 0) is 23.2 Å². The minimum Gasteiger partial charge on any atom is -0.391 e. The van der Waals surface area contributed by atoms with E-state index in [1.807, 2.05) is 0 Å². The van der Waals surface area contributed by atoms with Crippen LogP contribution in [0.15, 0.2) is 40.6 Å². The molecule has 0 amide bonds. The maximum atomic E-state index is 13.4. The molecular formula is C12H12FNO3S2. The Morgan fingerprint density at radius 3 is 2.68 bits per heavy atom. The van der Waals surface area contributed by atoms with Crippen LogP contribution in [0, 0.1) is 5.82 Å². The molecule has 0 saturated heterocycles. The van der Waals surface area contributed by atoms with Gasteiger partial charge in [0.05, 0.1) is 11.5 Å². The molecule has 0 unspecified atom stereocenters. The molecule has 0 spiro atoms. The van der Waals surface area contributed by atoms with Crippen LogP contribution < -0.4 is 4.72 Å². The number of halogens is 1. The maximum absolute atomic E-state index is 13.4. The van der Waals surface area contributed by atoms with Gasteiger partial charge in [-0.15, -0.1) is 11.3 Å². The molecule has 1 aromatic carbocycles. The van der Waals surface area contributed by atoms with Gasteiger partial charge in [-0.25, -0.2) is 17.5 Å². The summed E-state index contributed by atoms with van der Waals surface area (Å²) < 4.78 is 39.7. The predicted molar refractivity (Wildman–Crippen MR) is 70.7 cm³/mol. The van der Waals surface area contributed by atoms with Crippen LogP contribution in [0.1, 0.15) is 10.4 Å². The van der Waals surface area contributed by atoms with Gasteiger partial charge in [-0.05, 0) is 17.5 Å². The number of hydrogen-bond donors (Lipinski definition) is 2. The Morgan fingerprint density at radius 2 is 2.00 bits per heavy atom. The first-order valence-electron chi connectivity index (χ1n) is 5.45. The highest BCUT2D eigenvalue weighted by Crippen LogP contribution is 2.22. The fourth-order valence-electron chi connectivity index (χ4n) is 1.58. The summed E-state index contributed by atoms with van der Waals surface area (Å²) in [6.45, 7) is -0.469. The number of benzene rings is 1. The second kappa shape index (κ2) is 5.79. The van der Waals surface area contributed by atoms with Crippen LogP contribution in [-0.4, -0.2) is 13.5 Å². The van der Waals surface area contributed by atoms with Gasteiger partial charge in [-0.3, -0.25) is 0 Å². The third kappa shape index (κ3) is 3.19. The maximum Gasteiger partial charge on any atom is 0.242 e. The molecule has 2 rings (SSSR count). The molecule has 0 bridgehead atoms. The molecule has 7 heteroatoms. The fraction of sp³-hybridized carbons (Fsp3) is 0.167. The molecule has 1 heterocycles. The molecule has 2 aromatic rings. The first kappa shape index (κ1) is 14.1. The molecule has 4 nitrogen and oxygen atoms in total. The van der Waals surface area contributed by atoms with Crippen molar-refractivity contribution >= 4 is 21.4 Å². The number of aliphatic hydroxyl groups is 1. The van der Waals surface area contributed by atoms with E-state index in [4.69, 9.17) is 5.11 Å². The lowest BCUT2D eigenvalue weighted by Gasteiger charge is -2.07. The topological polar surface area (TPSA) is 66.4 Å². The van der Waals surface area contributed by atoms with Gasteiger partial charge >= 0.3 is 0 Å². The Balaban J connectivity index is 2.17. The number of nitrogens with one attached hydrogen (secondary N) is 1. The zero-order valence-corrected chi connectivity index (χ0v) is 11.5. The highest BCUT2D eigenvalue weighted by molar-refractivity contribution is 7.89. The van der Waals surface area contributed by atoms with E-state index in [-0.39, 0.29) is 23.6 Å². The first-order chi connectivity index (χ1) is 9.04. The van der Waals surface area contributed by atoms with Gasteiger partial charge in [0.25, 0.3) is 0 Å². The van der Waals surface area contributed by atoms with E-state index < -0.39 is 15.8 Å². The third-order valence-electron chi connectivity index (χ3n) is 2.55. The zero-order chi connectivity index (χ0) is 13.9. The zero-order valence-electron chi connectivity index (χ0n) is 9.84. The third-order valence-corrected chi connectivity index (χ3v) is 5.07. The SMILES string of the molecule is O=S(=O)(NCc1ccccc1F)c1ccsc1CO. The van der Waals surface area contributed by atoms with Crippen LogP contribution in [0.25, 0.3) is 0 Å². The van der Waals surface area contributed by atoms with Gasteiger partial charge in [0.2, 0.25) is 10.0 Å². The van der Waals surface area contributed by atoms with E-state index >= 15 is 0 Å². The van der Waals surface area contributed by atoms with Gasteiger partial charge in [-0.1, -0.05) is 18.2 Å². The minimum atomic E-state index is -3.74. The minimum absolute atomic E-state index is 0.0383. The summed E-state index contributed by atoms with van der Waals surface area (Å²) in [7, 11) is -3.74. The molecule has 19 heavy (non-hydrogen) atoms. The molecule has 0 atom stereocenters. The normalized spacial score (nSPS) is 11.7. The van der Waals surface area contributed by atoms with E-state index in [1.165, 1.54) is 24.3 Å². The van der Waals surface area contributed by atoms with E-state index in [9.17, 15) is 12.8 Å². The van der Waals surface area contributed by atoms with Crippen LogP contribution in [0.3, 0.4) is 0 Å². The van der Waals surface area contributed by atoms with Crippen molar-refractivity contribution in [3.63, 3.8) is 0 Å². The summed E-state index contributed by atoms with van der Waals surface area (Å²) in [6, 6.07) is 7.37. The lowest BCUT2D eigenvalue weighted by Crippen LogP contribution is -2.24. The van der Waals surface area contributed by atoms with Gasteiger partial charge < -0.3 is 5.11 Å². The quantitative estimate of drug-likeness (QED) is 0.886. The lowest BCUT2D eigenvalue weighted by atomic mass is 10.2. The Hall–Kier alpha value is -1.28. The number of rotatable bonds is 5. The van der Waals surface area contributed by atoms with Crippen molar-refractivity contribution in [2.45, 2.75) is 18.0 Å². The van der Waals surface area contributed by atoms with E-state index in [0.717, 1.165) is 11.3 Å². The van der Waals surface area contributed by atoms with Crippen LogP contribution in [0.5, 0.6) is 0 Å². The number of aliphatic hydroxyl groups excluding tert-OH is 1. The monoisotopic (exact) mass is 301 g/mol. The molecule has 0 fully saturated rings. The highest BCUT2D eigenvalue weighted by atomic mass is 32.2. The Labute approximate surface area is 114 Å². The molecule has 102 valence electrons. The standard InChI is InChI=1S/C12H12FNO3S2/c13-10-4-2-1-3-9(10)7-14-19(16,17)12-5-6-18-11(12)8-15/h1-6,14-15H,7-8H2. The summed E-state index contributed by atoms with van der Waals surface area (Å²) in [5.41, 5.74) is 0.270. The molecule has 0 aliphatic carbocycles. The second-order valence-corrected chi connectivity index (χ2v) is 6.52. The molecule has 0 radical (unpaired) electrons. The summed E-state index contributed by atoms with van der Waals surface area (Å²) >= 11 is 1.16. The largest absolute Gasteiger partial charge is 0.391 e. The lowest BCUT2D eigenvalue weighted by molar-refractivity contribution is 0.282. The van der Waals surface area contributed by atoms with Crippen molar-refractivity contribution in [3.05, 3.63) is 52.0 Å². The van der Waals surface area contributed by atoms with Gasteiger partial charge in [0, 0.05) is 17.0 Å².